The highest BCUT2D eigenvalue weighted by molar-refractivity contribution is 5.57. The number of anilines is 1. The van der Waals surface area contributed by atoms with Gasteiger partial charge in [0.15, 0.2) is 11.5 Å². The van der Waals surface area contributed by atoms with Crippen LogP contribution in [0.15, 0.2) is 18.2 Å². The van der Waals surface area contributed by atoms with Gasteiger partial charge in [-0.05, 0) is 19.2 Å². The summed E-state index contributed by atoms with van der Waals surface area (Å²) in [6, 6.07) is 4.10. The number of halogens is 4. The lowest BCUT2D eigenvalue weighted by Gasteiger charge is -2.36. The van der Waals surface area contributed by atoms with Crippen LogP contribution in [0.3, 0.4) is 0 Å². The predicted octanol–water partition coefficient (Wildman–Crippen LogP) is 2.40. The highest BCUT2D eigenvalue weighted by Gasteiger charge is 2.65. The predicted molar refractivity (Wildman–Crippen MR) is 67.3 cm³/mol. The summed E-state index contributed by atoms with van der Waals surface area (Å²) in [5.74, 6) is -0.758. The maximum atomic E-state index is 13.2. The average Bonchev–Trinajstić information content (AvgIpc) is 2.40. The summed E-state index contributed by atoms with van der Waals surface area (Å²) in [5, 5.41) is 0. The van der Waals surface area contributed by atoms with E-state index in [1.807, 2.05) is 11.9 Å². The van der Waals surface area contributed by atoms with Crippen LogP contribution in [-0.4, -0.2) is 50.3 Å². The molecule has 0 aliphatic carbocycles. The lowest BCUT2D eigenvalue weighted by atomic mass is 10.2. The molecule has 0 saturated carbocycles. The zero-order valence-corrected chi connectivity index (χ0v) is 11.3. The van der Waals surface area contributed by atoms with Crippen LogP contribution >= 0.6 is 0 Å². The third-order valence-corrected chi connectivity index (χ3v) is 3.61. The first kappa shape index (κ1) is 14.2. The first-order valence-corrected chi connectivity index (χ1v) is 6.50. The summed E-state index contributed by atoms with van der Waals surface area (Å²) in [6.45, 7) is 3.12. The minimum atomic E-state index is -4.68. The van der Waals surface area contributed by atoms with Crippen LogP contribution in [0.1, 0.15) is 0 Å². The molecule has 1 aromatic rings. The number of rotatable bonds is 1. The Morgan fingerprint density at radius 2 is 1.48 bits per heavy atom. The number of hydrogen-bond acceptors (Lipinski definition) is 4. The summed E-state index contributed by atoms with van der Waals surface area (Å²) < 4.78 is 60.6. The SMILES string of the molecule is CN1CCN(c2ccc3c(c2)OC(F)(F)C(F)(F)O3)CC1. The van der Waals surface area contributed by atoms with Gasteiger partial charge in [-0.1, -0.05) is 0 Å². The van der Waals surface area contributed by atoms with Crippen molar-refractivity contribution in [2.24, 2.45) is 0 Å². The third-order valence-electron chi connectivity index (χ3n) is 3.61. The summed E-state index contributed by atoms with van der Waals surface area (Å²) in [7, 11) is 1.99. The molecule has 1 aromatic carbocycles. The van der Waals surface area contributed by atoms with Gasteiger partial charge < -0.3 is 19.3 Å². The van der Waals surface area contributed by atoms with E-state index >= 15 is 0 Å². The fourth-order valence-electron chi connectivity index (χ4n) is 2.32. The molecule has 1 fully saturated rings. The third kappa shape index (κ3) is 2.48. The van der Waals surface area contributed by atoms with E-state index in [-0.39, 0.29) is 11.5 Å². The highest BCUT2D eigenvalue weighted by Crippen LogP contribution is 2.47. The molecule has 0 atom stereocenters. The molecule has 0 N–H and O–H groups in total. The van der Waals surface area contributed by atoms with Crippen molar-refractivity contribution in [1.29, 1.82) is 0 Å². The molecule has 0 amide bonds. The van der Waals surface area contributed by atoms with Gasteiger partial charge in [0, 0.05) is 37.9 Å². The van der Waals surface area contributed by atoms with Crippen LogP contribution in [0.2, 0.25) is 0 Å². The molecule has 1 saturated heterocycles. The number of fused-ring (bicyclic) bond motifs is 1. The van der Waals surface area contributed by atoms with Crippen molar-refractivity contribution in [2.75, 3.05) is 38.1 Å². The standard InChI is InChI=1S/C13H14F4N2O2/c1-18-4-6-19(7-5-18)9-2-3-10-11(8-9)21-13(16,17)12(14,15)20-10/h2-3,8H,4-7H2,1H3. The lowest BCUT2D eigenvalue weighted by Crippen LogP contribution is -2.52. The maximum absolute atomic E-state index is 13.2. The van der Waals surface area contributed by atoms with Gasteiger partial charge in [-0.25, -0.2) is 0 Å². The van der Waals surface area contributed by atoms with Crippen molar-refractivity contribution in [3.63, 3.8) is 0 Å². The maximum Gasteiger partial charge on any atom is 0.507 e. The minimum absolute atomic E-state index is 0.373. The highest BCUT2D eigenvalue weighted by atomic mass is 19.3. The normalized spacial score (nSPS) is 24.0. The Labute approximate surface area is 118 Å². The van der Waals surface area contributed by atoms with Gasteiger partial charge in [-0.2, -0.15) is 17.6 Å². The molecule has 0 aromatic heterocycles. The van der Waals surface area contributed by atoms with Crippen LogP contribution in [0.5, 0.6) is 11.5 Å². The van der Waals surface area contributed by atoms with E-state index in [1.54, 1.807) is 6.07 Å². The smallest absolute Gasteiger partial charge is 0.421 e. The first-order valence-electron chi connectivity index (χ1n) is 6.50. The van der Waals surface area contributed by atoms with Crippen LogP contribution in [0.25, 0.3) is 0 Å². The van der Waals surface area contributed by atoms with E-state index in [0.717, 1.165) is 26.2 Å². The monoisotopic (exact) mass is 306 g/mol. The number of hydrogen-bond donors (Lipinski definition) is 0. The van der Waals surface area contributed by atoms with Crippen molar-refractivity contribution in [2.45, 2.75) is 12.2 Å². The Kier molecular flexibility index (Phi) is 3.16. The van der Waals surface area contributed by atoms with Gasteiger partial charge >= 0.3 is 12.2 Å². The largest absolute Gasteiger partial charge is 0.507 e. The van der Waals surface area contributed by atoms with Crippen molar-refractivity contribution in [3.05, 3.63) is 18.2 Å². The number of benzene rings is 1. The first-order chi connectivity index (χ1) is 9.78. The van der Waals surface area contributed by atoms with Gasteiger partial charge in [-0.3, -0.25) is 0 Å². The van der Waals surface area contributed by atoms with E-state index in [1.165, 1.54) is 12.1 Å². The summed E-state index contributed by atoms with van der Waals surface area (Å²) in [5.41, 5.74) is 0.645. The number of alkyl halides is 4. The summed E-state index contributed by atoms with van der Waals surface area (Å²) in [6.07, 6.45) is -9.35. The Morgan fingerprint density at radius 3 is 2.10 bits per heavy atom. The molecule has 2 aliphatic heterocycles. The van der Waals surface area contributed by atoms with E-state index < -0.39 is 12.2 Å². The molecular weight excluding hydrogens is 292 g/mol. The van der Waals surface area contributed by atoms with Crippen LogP contribution < -0.4 is 14.4 Å². The summed E-state index contributed by atoms with van der Waals surface area (Å²) >= 11 is 0. The summed E-state index contributed by atoms with van der Waals surface area (Å²) in [4.78, 5) is 4.12. The van der Waals surface area contributed by atoms with Crippen molar-refractivity contribution < 1.29 is 27.0 Å². The second kappa shape index (κ2) is 4.66. The molecule has 0 spiro atoms. The molecule has 2 heterocycles. The van der Waals surface area contributed by atoms with Gasteiger partial charge in [0.1, 0.15) is 0 Å². The van der Waals surface area contributed by atoms with Gasteiger partial charge in [-0.15, -0.1) is 0 Å². The van der Waals surface area contributed by atoms with E-state index in [9.17, 15) is 17.6 Å². The number of likely N-dealkylation sites (N-methyl/N-ethyl adjacent to an activating group) is 1. The molecule has 4 nitrogen and oxygen atoms in total. The number of piperazine rings is 1. The van der Waals surface area contributed by atoms with Crippen molar-refractivity contribution >= 4 is 5.69 Å². The fourth-order valence-corrected chi connectivity index (χ4v) is 2.32. The molecule has 2 aliphatic rings. The molecule has 0 radical (unpaired) electrons. The number of nitrogens with zero attached hydrogens (tertiary/aromatic N) is 2. The molecule has 0 bridgehead atoms. The Morgan fingerprint density at radius 1 is 0.905 bits per heavy atom. The lowest BCUT2D eigenvalue weighted by molar-refractivity contribution is -0.391. The van der Waals surface area contributed by atoms with Crippen molar-refractivity contribution in [3.8, 4) is 11.5 Å². The molecule has 0 unspecified atom stereocenters. The van der Waals surface area contributed by atoms with Crippen molar-refractivity contribution in [1.82, 2.24) is 4.90 Å². The minimum Gasteiger partial charge on any atom is -0.421 e. The quantitative estimate of drug-likeness (QED) is 0.744. The molecular formula is C13H14F4N2O2. The van der Waals surface area contributed by atoms with Gasteiger partial charge in [0.05, 0.1) is 0 Å². The molecule has 116 valence electrons. The molecule has 21 heavy (non-hydrogen) atoms. The van der Waals surface area contributed by atoms with Crippen LogP contribution in [0.4, 0.5) is 23.2 Å². The number of ether oxygens (including phenoxy) is 2. The Bertz CT molecular complexity index is 545. The Balaban J connectivity index is 1.86. The molecule has 3 rings (SSSR count). The van der Waals surface area contributed by atoms with Crippen LogP contribution in [-0.2, 0) is 0 Å². The zero-order valence-electron chi connectivity index (χ0n) is 11.3. The van der Waals surface area contributed by atoms with E-state index in [0.29, 0.717) is 5.69 Å². The second-order valence-electron chi connectivity index (χ2n) is 5.16. The topological polar surface area (TPSA) is 24.9 Å². The average molecular weight is 306 g/mol. The van der Waals surface area contributed by atoms with Gasteiger partial charge in [0.25, 0.3) is 0 Å². The molecule has 8 heteroatoms. The zero-order chi connectivity index (χ0) is 15.3. The van der Waals surface area contributed by atoms with E-state index in [2.05, 4.69) is 14.4 Å². The van der Waals surface area contributed by atoms with E-state index in [4.69, 9.17) is 0 Å². The second-order valence-corrected chi connectivity index (χ2v) is 5.16. The fraction of sp³-hybridized carbons (Fsp3) is 0.538. The van der Waals surface area contributed by atoms with Crippen LogP contribution in [0, 0.1) is 0 Å². The van der Waals surface area contributed by atoms with Gasteiger partial charge in [0.2, 0.25) is 0 Å². The Hall–Kier alpha value is -1.70.